The lowest BCUT2D eigenvalue weighted by atomic mass is 10.0. The van der Waals surface area contributed by atoms with Gasteiger partial charge in [-0.05, 0) is 23.3 Å². The van der Waals surface area contributed by atoms with Gasteiger partial charge < -0.3 is 14.5 Å². The third-order valence-electron chi connectivity index (χ3n) is 4.65. The van der Waals surface area contributed by atoms with Crippen molar-refractivity contribution in [2.75, 3.05) is 14.2 Å². The highest BCUT2D eigenvalue weighted by Crippen LogP contribution is 2.34. The number of amides is 2. The quantitative estimate of drug-likeness (QED) is 0.861. The maximum Gasteiger partial charge on any atom is 0.247 e. The molecule has 5 nitrogen and oxygen atoms in total. The third kappa shape index (κ3) is 3.22. The van der Waals surface area contributed by atoms with E-state index in [0.717, 1.165) is 16.9 Å². The molecule has 0 aromatic heterocycles. The molecule has 1 aliphatic heterocycles. The van der Waals surface area contributed by atoms with Crippen LogP contribution in [0.3, 0.4) is 0 Å². The summed E-state index contributed by atoms with van der Waals surface area (Å²) in [6, 6.07) is 16.7. The van der Waals surface area contributed by atoms with Gasteiger partial charge in [0.2, 0.25) is 11.8 Å². The van der Waals surface area contributed by atoms with Gasteiger partial charge >= 0.3 is 0 Å². The van der Waals surface area contributed by atoms with E-state index < -0.39 is 6.04 Å². The summed E-state index contributed by atoms with van der Waals surface area (Å²) in [5.74, 6) is 0.620. The highest BCUT2D eigenvalue weighted by Gasteiger charge is 2.46. The fraction of sp³-hybridized carbons (Fsp3) is 0.300. The molecule has 2 amide bonds. The molecule has 1 saturated heterocycles. The summed E-state index contributed by atoms with van der Waals surface area (Å²) in [6.07, 6.45) is 0.116. The first-order chi connectivity index (χ1) is 12.0. The summed E-state index contributed by atoms with van der Waals surface area (Å²) in [5.41, 5.74) is 1.93. The number of hydrogen-bond acceptors (Lipinski definition) is 3. The first kappa shape index (κ1) is 17.0. The van der Waals surface area contributed by atoms with Crippen LogP contribution in [0.4, 0.5) is 0 Å². The van der Waals surface area contributed by atoms with Crippen LogP contribution in [0.15, 0.2) is 54.6 Å². The Hall–Kier alpha value is -2.82. The van der Waals surface area contributed by atoms with E-state index in [4.69, 9.17) is 4.74 Å². The standard InChI is InChI=1S/C20H22N2O3/c1-14(23)22-18(13-15-9-11-17(25-3)12-10-15)20(24)21(2)19(22)16-7-5-4-6-8-16/h4-12,18-19H,13H2,1-3H3. The molecule has 1 fully saturated rings. The molecule has 3 rings (SSSR count). The second-order valence-corrected chi connectivity index (χ2v) is 6.23. The number of ether oxygens (including phenoxy) is 1. The summed E-state index contributed by atoms with van der Waals surface area (Å²) < 4.78 is 5.17. The molecule has 2 aromatic rings. The van der Waals surface area contributed by atoms with Gasteiger partial charge in [0.1, 0.15) is 18.0 Å². The molecular weight excluding hydrogens is 316 g/mol. The van der Waals surface area contributed by atoms with E-state index in [-0.39, 0.29) is 18.0 Å². The molecule has 2 unspecified atom stereocenters. The van der Waals surface area contributed by atoms with Crippen LogP contribution < -0.4 is 4.74 Å². The van der Waals surface area contributed by atoms with Crippen molar-refractivity contribution in [2.24, 2.45) is 0 Å². The minimum Gasteiger partial charge on any atom is -0.497 e. The summed E-state index contributed by atoms with van der Waals surface area (Å²) >= 11 is 0. The van der Waals surface area contributed by atoms with Crippen LogP contribution in [-0.4, -0.2) is 41.8 Å². The zero-order valence-corrected chi connectivity index (χ0v) is 14.7. The Labute approximate surface area is 147 Å². The lowest BCUT2D eigenvalue weighted by Crippen LogP contribution is -2.39. The fourth-order valence-corrected chi connectivity index (χ4v) is 3.40. The number of rotatable bonds is 4. The highest BCUT2D eigenvalue weighted by molar-refractivity contribution is 5.91. The monoisotopic (exact) mass is 338 g/mol. The van der Waals surface area contributed by atoms with Crippen molar-refractivity contribution in [3.63, 3.8) is 0 Å². The van der Waals surface area contributed by atoms with E-state index in [9.17, 15) is 9.59 Å². The second-order valence-electron chi connectivity index (χ2n) is 6.23. The van der Waals surface area contributed by atoms with Crippen molar-refractivity contribution in [1.82, 2.24) is 9.80 Å². The van der Waals surface area contributed by atoms with Gasteiger partial charge in [0.05, 0.1) is 7.11 Å². The first-order valence-electron chi connectivity index (χ1n) is 8.26. The van der Waals surface area contributed by atoms with Crippen molar-refractivity contribution in [2.45, 2.75) is 25.6 Å². The van der Waals surface area contributed by atoms with E-state index in [1.165, 1.54) is 6.92 Å². The Balaban J connectivity index is 1.92. The number of carbonyl (C=O) groups is 2. The summed E-state index contributed by atoms with van der Waals surface area (Å²) in [5, 5.41) is 0. The molecule has 0 saturated carbocycles. The first-order valence-corrected chi connectivity index (χ1v) is 8.26. The number of methoxy groups -OCH3 is 1. The normalized spacial score (nSPS) is 20.0. The van der Waals surface area contributed by atoms with Crippen molar-refractivity contribution in [3.05, 3.63) is 65.7 Å². The molecule has 5 heteroatoms. The Morgan fingerprint density at radius 1 is 1.08 bits per heavy atom. The molecule has 0 radical (unpaired) electrons. The van der Waals surface area contributed by atoms with Gasteiger partial charge in [-0.2, -0.15) is 0 Å². The van der Waals surface area contributed by atoms with E-state index in [0.29, 0.717) is 6.42 Å². The van der Waals surface area contributed by atoms with Crippen molar-refractivity contribution in [1.29, 1.82) is 0 Å². The number of hydrogen-bond donors (Lipinski definition) is 0. The van der Waals surface area contributed by atoms with Crippen LogP contribution in [0.25, 0.3) is 0 Å². The van der Waals surface area contributed by atoms with Crippen LogP contribution in [0.1, 0.15) is 24.2 Å². The Bertz CT molecular complexity index is 758. The molecule has 2 atom stereocenters. The van der Waals surface area contributed by atoms with Gasteiger partial charge in [-0.15, -0.1) is 0 Å². The highest BCUT2D eigenvalue weighted by atomic mass is 16.5. The predicted octanol–water partition coefficient (Wildman–Crippen LogP) is 2.63. The van der Waals surface area contributed by atoms with Crippen molar-refractivity contribution >= 4 is 11.8 Å². The van der Waals surface area contributed by atoms with Gasteiger partial charge in [-0.25, -0.2) is 0 Å². The molecule has 25 heavy (non-hydrogen) atoms. The smallest absolute Gasteiger partial charge is 0.247 e. The van der Waals surface area contributed by atoms with Crippen LogP contribution in [0.5, 0.6) is 5.75 Å². The molecule has 2 aromatic carbocycles. The number of nitrogens with zero attached hydrogens (tertiary/aromatic N) is 2. The Kier molecular flexibility index (Phi) is 4.74. The molecule has 130 valence electrons. The maximum atomic E-state index is 12.8. The van der Waals surface area contributed by atoms with Gasteiger partial charge in [0, 0.05) is 20.4 Å². The molecular formula is C20H22N2O3. The van der Waals surface area contributed by atoms with E-state index in [1.54, 1.807) is 24.0 Å². The number of carbonyl (C=O) groups excluding carboxylic acids is 2. The topological polar surface area (TPSA) is 49.9 Å². The summed E-state index contributed by atoms with van der Waals surface area (Å²) in [7, 11) is 3.37. The van der Waals surface area contributed by atoms with Gasteiger partial charge in [0.15, 0.2) is 0 Å². The Morgan fingerprint density at radius 3 is 2.28 bits per heavy atom. The largest absolute Gasteiger partial charge is 0.497 e. The predicted molar refractivity (Wildman–Crippen MR) is 95.0 cm³/mol. The molecule has 0 aliphatic carbocycles. The second kappa shape index (κ2) is 6.97. The zero-order chi connectivity index (χ0) is 18.0. The van der Waals surface area contributed by atoms with E-state index >= 15 is 0 Å². The third-order valence-corrected chi connectivity index (χ3v) is 4.65. The average Bonchev–Trinajstić information content (AvgIpc) is 2.88. The van der Waals surface area contributed by atoms with Crippen molar-refractivity contribution < 1.29 is 14.3 Å². The van der Waals surface area contributed by atoms with Crippen LogP contribution in [-0.2, 0) is 16.0 Å². The lowest BCUT2D eigenvalue weighted by Gasteiger charge is -2.29. The molecule has 0 spiro atoms. The Morgan fingerprint density at radius 2 is 1.72 bits per heavy atom. The summed E-state index contributed by atoms with van der Waals surface area (Å²) in [4.78, 5) is 28.5. The van der Waals surface area contributed by atoms with E-state index in [2.05, 4.69) is 0 Å². The molecule has 1 heterocycles. The van der Waals surface area contributed by atoms with Gasteiger partial charge in [-0.3, -0.25) is 9.59 Å². The molecule has 0 bridgehead atoms. The summed E-state index contributed by atoms with van der Waals surface area (Å²) in [6.45, 7) is 1.52. The minimum absolute atomic E-state index is 0.0418. The fourth-order valence-electron chi connectivity index (χ4n) is 3.40. The van der Waals surface area contributed by atoms with E-state index in [1.807, 2.05) is 54.6 Å². The average molecular weight is 338 g/mol. The van der Waals surface area contributed by atoms with Crippen LogP contribution in [0, 0.1) is 0 Å². The molecule has 0 N–H and O–H groups in total. The van der Waals surface area contributed by atoms with Gasteiger partial charge in [-0.1, -0.05) is 42.5 Å². The zero-order valence-electron chi connectivity index (χ0n) is 14.7. The maximum absolute atomic E-state index is 12.8. The van der Waals surface area contributed by atoms with Crippen LogP contribution in [0.2, 0.25) is 0 Å². The number of benzene rings is 2. The minimum atomic E-state index is -0.499. The van der Waals surface area contributed by atoms with Crippen LogP contribution >= 0.6 is 0 Å². The SMILES string of the molecule is COc1ccc(CC2C(=O)N(C)C(c3ccccc3)N2C(C)=O)cc1. The molecule has 1 aliphatic rings. The van der Waals surface area contributed by atoms with Crippen molar-refractivity contribution in [3.8, 4) is 5.75 Å². The van der Waals surface area contributed by atoms with Gasteiger partial charge in [0.25, 0.3) is 0 Å². The lowest BCUT2D eigenvalue weighted by molar-refractivity contribution is -0.134. The number of likely N-dealkylation sites (N-methyl/N-ethyl adjacent to an activating group) is 1.